The Kier molecular flexibility index (Phi) is 13.5. The second-order valence-corrected chi connectivity index (χ2v) is 1.46. The average Bonchev–Trinajstić information content (AvgIpc) is 1.81. The maximum Gasteiger partial charge on any atom is 0.0892 e. The molecule has 0 unspecified atom stereocenters. The van der Waals surface area contributed by atoms with Crippen LogP contribution in [0.1, 0.15) is 20.3 Å². The van der Waals surface area contributed by atoms with Crippen LogP contribution in [0.15, 0.2) is 9.98 Å². The Morgan fingerprint density at radius 1 is 1.22 bits per heavy atom. The Balaban J connectivity index is 0. The van der Waals surface area contributed by atoms with Crippen molar-refractivity contribution >= 4 is 18.4 Å². The molecule has 0 aliphatic carbocycles. The molecule has 0 heterocycles. The van der Waals surface area contributed by atoms with E-state index in [4.69, 9.17) is 0 Å². The third-order valence-corrected chi connectivity index (χ3v) is 0.635. The minimum atomic E-state index is 0. The van der Waals surface area contributed by atoms with Crippen LogP contribution in [0.25, 0.3) is 0 Å². The van der Waals surface area contributed by atoms with Crippen LogP contribution in [0, 0.1) is 0 Å². The van der Waals surface area contributed by atoms with Crippen molar-refractivity contribution in [3.05, 3.63) is 0 Å². The van der Waals surface area contributed by atoms with Crippen LogP contribution in [-0.2, 0) is 0 Å². The van der Waals surface area contributed by atoms with Crippen molar-refractivity contribution in [1.82, 2.24) is 0 Å². The summed E-state index contributed by atoms with van der Waals surface area (Å²) in [5.74, 6) is 0. The monoisotopic (exact) mass is 148 g/mol. The molecule has 0 aliphatic rings. The van der Waals surface area contributed by atoms with Crippen LogP contribution < -0.4 is 0 Å². The van der Waals surface area contributed by atoms with E-state index in [1.165, 1.54) is 0 Å². The van der Waals surface area contributed by atoms with E-state index in [1.54, 1.807) is 0 Å². The fourth-order valence-electron chi connectivity index (χ4n) is 0.283. The zero-order valence-electron chi connectivity index (χ0n) is 5.92. The zero-order chi connectivity index (χ0) is 6.24. The van der Waals surface area contributed by atoms with E-state index in [0.717, 1.165) is 19.5 Å². The second-order valence-electron chi connectivity index (χ2n) is 1.46. The normalized spacial score (nSPS) is 6.89. The summed E-state index contributed by atoms with van der Waals surface area (Å²) < 4.78 is 0. The highest BCUT2D eigenvalue weighted by atomic mass is 35.5. The predicted molar refractivity (Wildman–Crippen MR) is 42.8 cm³/mol. The van der Waals surface area contributed by atoms with E-state index in [0.29, 0.717) is 0 Å². The van der Waals surface area contributed by atoms with Crippen molar-refractivity contribution < 1.29 is 0 Å². The lowest BCUT2D eigenvalue weighted by Crippen LogP contribution is -1.72. The highest BCUT2D eigenvalue weighted by Crippen LogP contribution is 1.72. The molecule has 0 rings (SSSR count). The summed E-state index contributed by atoms with van der Waals surface area (Å²) in [5.41, 5.74) is 0. The number of rotatable bonds is 3. The first-order chi connectivity index (χ1) is 3.91. The molecule has 0 fully saturated rings. The first-order valence-corrected chi connectivity index (χ1v) is 2.99. The number of hydrogen-bond acceptors (Lipinski definition) is 2. The molecule has 0 amide bonds. The number of aliphatic imine (C=N–C) groups is 2. The maximum atomic E-state index is 3.86. The maximum absolute atomic E-state index is 3.86. The van der Waals surface area contributed by atoms with Gasteiger partial charge in [0.15, 0.2) is 0 Å². The SMILES string of the molecule is CCCN=C=NCC.Cl. The highest BCUT2D eigenvalue weighted by Gasteiger charge is 1.66. The van der Waals surface area contributed by atoms with E-state index >= 15 is 0 Å². The summed E-state index contributed by atoms with van der Waals surface area (Å²) in [6.07, 6.45) is 1.08. The Morgan fingerprint density at radius 2 is 1.89 bits per heavy atom. The summed E-state index contributed by atoms with van der Waals surface area (Å²) in [6, 6.07) is 2.59. The molecule has 0 aromatic carbocycles. The molecule has 2 nitrogen and oxygen atoms in total. The molecule has 0 bridgehead atoms. The van der Waals surface area contributed by atoms with E-state index in [1.807, 2.05) is 6.92 Å². The molecule has 0 atom stereocenters. The first-order valence-electron chi connectivity index (χ1n) is 2.99. The molecule has 54 valence electrons. The van der Waals surface area contributed by atoms with Crippen LogP contribution in [-0.4, -0.2) is 19.1 Å². The van der Waals surface area contributed by atoms with Gasteiger partial charge in [0.1, 0.15) is 0 Å². The van der Waals surface area contributed by atoms with Crippen LogP contribution >= 0.6 is 12.4 Å². The lowest BCUT2D eigenvalue weighted by Gasteiger charge is -1.75. The molecule has 0 spiro atoms. The van der Waals surface area contributed by atoms with Gasteiger partial charge in [-0.2, -0.15) is 0 Å². The van der Waals surface area contributed by atoms with Gasteiger partial charge >= 0.3 is 0 Å². The molecule has 3 heteroatoms. The van der Waals surface area contributed by atoms with Gasteiger partial charge in [0.2, 0.25) is 0 Å². The smallest absolute Gasteiger partial charge is 0.0892 e. The molecule has 0 N–H and O–H groups in total. The van der Waals surface area contributed by atoms with Crippen molar-refractivity contribution in [3.63, 3.8) is 0 Å². The standard InChI is InChI=1S/C6H12N2.ClH/c1-3-5-8-6-7-4-2;/h3-5H2,1-2H3;1H. The topological polar surface area (TPSA) is 24.7 Å². The summed E-state index contributed by atoms with van der Waals surface area (Å²) in [6.45, 7) is 5.68. The fourth-order valence-corrected chi connectivity index (χ4v) is 0.283. The molecule has 0 saturated heterocycles. The molecular formula is C6H13ClN2. The Labute approximate surface area is 62.5 Å². The van der Waals surface area contributed by atoms with Crippen molar-refractivity contribution in [2.45, 2.75) is 20.3 Å². The second kappa shape index (κ2) is 10.6. The van der Waals surface area contributed by atoms with Crippen molar-refractivity contribution in [2.24, 2.45) is 9.98 Å². The summed E-state index contributed by atoms with van der Waals surface area (Å²) in [4.78, 5) is 7.66. The lowest BCUT2D eigenvalue weighted by molar-refractivity contribution is 0.935. The number of hydrogen-bond donors (Lipinski definition) is 0. The molecule has 0 aromatic rings. The lowest BCUT2D eigenvalue weighted by atomic mass is 10.5. The third-order valence-electron chi connectivity index (χ3n) is 0.635. The highest BCUT2D eigenvalue weighted by molar-refractivity contribution is 5.85. The van der Waals surface area contributed by atoms with Crippen LogP contribution in [0.2, 0.25) is 0 Å². The van der Waals surface area contributed by atoms with E-state index in [9.17, 15) is 0 Å². The Morgan fingerprint density at radius 3 is 2.33 bits per heavy atom. The minimum absolute atomic E-state index is 0. The first kappa shape index (κ1) is 11.5. The number of halogens is 1. The van der Waals surface area contributed by atoms with Crippen molar-refractivity contribution in [3.8, 4) is 0 Å². The van der Waals surface area contributed by atoms with Crippen molar-refractivity contribution in [1.29, 1.82) is 0 Å². The fraction of sp³-hybridized carbons (Fsp3) is 0.833. The number of nitrogens with zero attached hydrogens (tertiary/aromatic N) is 2. The van der Waals surface area contributed by atoms with E-state index in [-0.39, 0.29) is 12.4 Å². The quantitative estimate of drug-likeness (QED) is 0.547. The van der Waals surface area contributed by atoms with Crippen LogP contribution in [0.4, 0.5) is 0 Å². The van der Waals surface area contributed by atoms with Gasteiger partial charge in [0, 0.05) is 13.1 Å². The predicted octanol–water partition coefficient (Wildman–Crippen LogP) is 2.01. The van der Waals surface area contributed by atoms with Gasteiger partial charge in [-0.3, -0.25) is 0 Å². The summed E-state index contributed by atoms with van der Waals surface area (Å²) in [5, 5.41) is 0. The largest absolute Gasteiger partial charge is 0.226 e. The van der Waals surface area contributed by atoms with Gasteiger partial charge in [0.05, 0.1) is 6.01 Å². The van der Waals surface area contributed by atoms with Gasteiger partial charge in [-0.15, -0.1) is 12.4 Å². The van der Waals surface area contributed by atoms with Crippen LogP contribution in [0.3, 0.4) is 0 Å². The van der Waals surface area contributed by atoms with Gasteiger partial charge in [0.25, 0.3) is 0 Å². The average molecular weight is 149 g/mol. The molecule has 9 heavy (non-hydrogen) atoms. The minimum Gasteiger partial charge on any atom is -0.226 e. The molecular weight excluding hydrogens is 136 g/mol. The van der Waals surface area contributed by atoms with Gasteiger partial charge < -0.3 is 0 Å². The molecule has 0 saturated carbocycles. The van der Waals surface area contributed by atoms with E-state index < -0.39 is 0 Å². The van der Waals surface area contributed by atoms with E-state index in [2.05, 4.69) is 22.9 Å². The molecule has 0 aromatic heterocycles. The zero-order valence-corrected chi connectivity index (χ0v) is 6.74. The molecule has 0 aliphatic heterocycles. The summed E-state index contributed by atoms with van der Waals surface area (Å²) >= 11 is 0. The van der Waals surface area contributed by atoms with Crippen LogP contribution in [0.5, 0.6) is 0 Å². The van der Waals surface area contributed by atoms with Crippen molar-refractivity contribution in [2.75, 3.05) is 13.1 Å². The third kappa shape index (κ3) is 11.3. The van der Waals surface area contributed by atoms with Gasteiger partial charge in [-0.25, -0.2) is 9.98 Å². The van der Waals surface area contributed by atoms with Gasteiger partial charge in [-0.05, 0) is 13.3 Å². The Hall–Kier alpha value is -0.330. The summed E-state index contributed by atoms with van der Waals surface area (Å²) in [7, 11) is 0. The Bertz CT molecular complexity index is 95.2. The van der Waals surface area contributed by atoms with Gasteiger partial charge in [-0.1, -0.05) is 6.92 Å². The molecule has 0 radical (unpaired) electrons.